The normalized spacial score (nSPS) is 16.6. The Hall–Kier alpha value is -1.13. The second-order valence-electron chi connectivity index (χ2n) is 3.91. The Morgan fingerprint density at radius 1 is 1.53 bits per heavy atom. The molecule has 1 atom stereocenters. The lowest BCUT2D eigenvalue weighted by Gasteiger charge is -2.22. The molecule has 1 aliphatic heterocycles. The van der Waals surface area contributed by atoms with Crippen LogP contribution in [-0.2, 0) is 6.42 Å². The van der Waals surface area contributed by atoms with E-state index in [1.807, 2.05) is 11.0 Å². The van der Waals surface area contributed by atoms with Crippen LogP contribution in [-0.4, -0.2) is 30.8 Å². The van der Waals surface area contributed by atoms with E-state index in [4.69, 9.17) is 10.8 Å². The SMILES string of the molecule is NC(CO)CN1CCc2ccc(F)cc21. The number of fused-ring (bicyclic) bond motifs is 1. The first-order chi connectivity index (χ1) is 7.20. The Labute approximate surface area is 88.3 Å². The van der Waals surface area contributed by atoms with Gasteiger partial charge in [-0.2, -0.15) is 0 Å². The van der Waals surface area contributed by atoms with Crippen molar-refractivity contribution in [2.24, 2.45) is 5.73 Å². The molecule has 15 heavy (non-hydrogen) atoms. The Bertz CT molecular complexity index is 356. The van der Waals surface area contributed by atoms with Gasteiger partial charge in [0.1, 0.15) is 5.82 Å². The molecular weight excluding hydrogens is 195 g/mol. The minimum absolute atomic E-state index is 0.0405. The monoisotopic (exact) mass is 210 g/mol. The number of rotatable bonds is 3. The van der Waals surface area contributed by atoms with Crippen molar-refractivity contribution in [3.63, 3.8) is 0 Å². The van der Waals surface area contributed by atoms with Gasteiger partial charge in [-0.15, -0.1) is 0 Å². The number of nitrogens with two attached hydrogens (primary N) is 1. The summed E-state index contributed by atoms with van der Waals surface area (Å²) in [5, 5.41) is 8.87. The van der Waals surface area contributed by atoms with Crippen LogP contribution in [0.4, 0.5) is 10.1 Å². The van der Waals surface area contributed by atoms with Crippen LogP contribution in [0, 0.1) is 5.82 Å². The van der Waals surface area contributed by atoms with Gasteiger partial charge in [-0.1, -0.05) is 6.07 Å². The third-order valence-corrected chi connectivity index (χ3v) is 2.73. The molecule has 0 aliphatic carbocycles. The first-order valence-electron chi connectivity index (χ1n) is 5.10. The molecule has 3 nitrogen and oxygen atoms in total. The average Bonchev–Trinajstić information content (AvgIpc) is 2.61. The van der Waals surface area contributed by atoms with Crippen LogP contribution in [0.5, 0.6) is 0 Å². The van der Waals surface area contributed by atoms with Crippen LogP contribution in [0.3, 0.4) is 0 Å². The van der Waals surface area contributed by atoms with E-state index in [1.165, 1.54) is 12.1 Å². The molecule has 0 radical (unpaired) electrons. The second kappa shape index (κ2) is 4.16. The van der Waals surface area contributed by atoms with Crippen molar-refractivity contribution in [1.82, 2.24) is 0 Å². The maximum absolute atomic E-state index is 13.0. The lowest BCUT2D eigenvalue weighted by atomic mass is 10.1. The number of hydrogen-bond acceptors (Lipinski definition) is 3. The minimum atomic E-state index is -0.265. The predicted molar refractivity (Wildman–Crippen MR) is 57.4 cm³/mol. The average molecular weight is 210 g/mol. The number of benzene rings is 1. The van der Waals surface area contributed by atoms with Gasteiger partial charge in [0.15, 0.2) is 0 Å². The number of hydrogen-bond donors (Lipinski definition) is 2. The maximum atomic E-state index is 13.0. The van der Waals surface area contributed by atoms with Gasteiger partial charge >= 0.3 is 0 Å². The fourth-order valence-electron chi connectivity index (χ4n) is 1.95. The lowest BCUT2D eigenvalue weighted by molar-refractivity contribution is 0.267. The molecule has 2 rings (SSSR count). The highest BCUT2D eigenvalue weighted by atomic mass is 19.1. The molecule has 0 amide bonds. The largest absolute Gasteiger partial charge is 0.395 e. The number of aliphatic hydroxyl groups is 1. The number of anilines is 1. The molecular formula is C11H15FN2O. The molecule has 82 valence electrons. The van der Waals surface area contributed by atoms with E-state index >= 15 is 0 Å². The van der Waals surface area contributed by atoms with Crippen molar-refractivity contribution in [3.05, 3.63) is 29.6 Å². The molecule has 0 bridgehead atoms. The van der Waals surface area contributed by atoms with E-state index in [2.05, 4.69) is 0 Å². The van der Waals surface area contributed by atoms with E-state index < -0.39 is 0 Å². The maximum Gasteiger partial charge on any atom is 0.125 e. The van der Waals surface area contributed by atoms with E-state index in [9.17, 15) is 4.39 Å². The molecule has 1 unspecified atom stereocenters. The molecule has 0 aromatic heterocycles. The van der Waals surface area contributed by atoms with Gasteiger partial charge in [0.2, 0.25) is 0 Å². The Kier molecular flexibility index (Phi) is 2.88. The summed E-state index contributed by atoms with van der Waals surface area (Å²) in [6.45, 7) is 1.39. The van der Waals surface area contributed by atoms with Crippen molar-refractivity contribution < 1.29 is 9.50 Å². The number of halogens is 1. The third-order valence-electron chi connectivity index (χ3n) is 2.73. The highest BCUT2D eigenvalue weighted by Gasteiger charge is 2.20. The number of nitrogens with zero attached hydrogens (tertiary/aromatic N) is 1. The quantitative estimate of drug-likeness (QED) is 0.764. The Balaban J connectivity index is 2.16. The zero-order valence-corrected chi connectivity index (χ0v) is 8.49. The van der Waals surface area contributed by atoms with Crippen molar-refractivity contribution in [2.75, 3.05) is 24.6 Å². The summed E-state index contributed by atoms with van der Waals surface area (Å²) in [5.41, 5.74) is 7.73. The molecule has 1 aromatic rings. The second-order valence-corrected chi connectivity index (χ2v) is 3.91. The van der Waals surface area contributed by atoms with E-state index in [0.717, 1.165) is 24.2 Å². The zero-order valence-electron chi connectivity index (χ0n) is 8.49. The fraction of sp³-hybridized carbons (Fsp3) is 0.455. The van der Waals surface area contributed by atoms with Gasteiger partial charge in [-0.05, 0) is 24.1 Å². The molecule has 1 heterocycles. The minimum Gasteiger partial charge on any atom is -0.395 e. The summed E-state index contributed by atoms with van der Waals surface area (Å²) >= 11 is 0. The topological polar surface area (TPSA) is 49.5 Å². The molecule has 0 fully saturated rings. The highest BCUT2D eigenvalue weighted by Crippen LogP contribution is 2.28. The van der Waals surface area contributed by atoms with Crippen molar-refractivity contribution in [1.29, 1.82) is 0 Å². The van der Waals surface area contributed by atoms with Gasteiger partial charge in [0, 0.05) is 24.8 Å². The molecule has 0 saturated heterocycles. The summed E-state index contributed by atoms with van der Waals surface area (Å²) in [6, 6.07) is 4.56. The summed E-state index contributed by atoms with van der Waals surface area (Å²) in [5.74, 6) is -0.224. The third kappa shape index (κ3) is 2.11. The first-order valence-corrected chi connectivity index (χ1v) is 5.10. The van der Waals surface area contributed by atoms with E-state index in [-0.39, 0.29) is 18.5 Å². The molecule has 1 aliphatic rings. The van der Waals surface area contributed by atoms with Gasteiger partial charge in [0.05, 0.1) is 6.61 Å². The van der Waals surface area contributed by atoms with Gasteiger partial charge in [-0.25, -0.2) is 4.39 Å². The van der Waals surface area contributed by atoms with Crippen LogP contribution >= 0.6 is 0 Å². The van der Waals surface area contributed by atoms with Crippen LogP contribution in [0.2, 0.25) is 0 Å². The summed E-state index contributed by atoms with van der Waals surface area (Å²) < 4.78 is 13.0. The Morgan fingerprint density at radius 2 is 2.33 bits per heavy atom. The molecule has 3 N–H and O–H groups in total. The molecule has 4 heteroatoms. The van der Waals surface area contributed by atoms with Crippen LogP contribution < -0.4 is 10.6 Å². The van der Waals surface area contributed by atoms with Crippen molar-refractivity contribution >= 4 is 5.69 Å². The van der Waals surface area contributed by atoms with Crippen LogP contribution in [0.25, 0.3) is 0 Å². The van der Waals surface area contributed by atoms with Gasteiger partial charge in [-0.3, -0.25) is 0 Å². The smallest absolute Gasteiger partial charge is 0.125 e. The predicted octanol–water partition coefficient (Wildman–Crippen LogP) is 0.508. The van der Waals surface area contributed by atoms with Crippen LogP contribution in [0.1, 0.15) is 5.56 Å². The molecule has 1 aromatic carbocycles. The zero-order chi connectivity index (χ0) is 10.8. The molecule has 0 saturated carbocycles. The Morgan fingerprint density at radius 3 is 3.07 bits per heavy atom. The van der Waals surface area contributed by atoms with Gasteiger partial charge < -0.3 is 15.7 Å². The summed E-state index contributed by atoms with van der Waals surface area (Å²) in [4.78, 5) is 2.03. The van der Waals surface area contributed by atoms with Gasteiger partial charge in [0.25, 0.3) is 0 Å². The summed E-state index contributed by atoms with van der Waals surface area (Å²) in [6.07, 6.45) is 0.924. The summed E-state index contributed by atoms with van der Waals surface area (Å²) in [7, 11) is 0. The first kappa shape index (κ1) is 10.4. The standard InChI is InChI=1S/C11H15FN2O/c12-9-2-1-8-3-4-14(11(8)5-9)6-10(13)7-15/h1-2,5,10,15H,3-4,6-7,13H2. The molecule has 0 spiro atoms. The van der Waals surface area contributed by atoms with E-state index in [1.54, 1.807) is 0 Å². The highest BCUT2D eigenvalue weighted by molar-refractivity contribution is 5.58. The van der Waals surface area contributed by atoms with Crippen molar-refractivity contribution in [3.8, 4) is 0 Å². The van der Waals surface area contributed by atoms with Crippen LogP contribution in [0.15, 0.2) is 18.2 Å². The van der Waals surface area contributed by atoms with Crippen molar-refractivity contribution in [2.45, 2.75) is 12.5 Å². The van der Waals surface area contributed by atoms with E-state index in [0.29, 0.717) is 6.54 Å². The lowest BCUT2D eigenvalue weighted by Crippen LogP contribution is -2.39. The number of aliphatic hydroxyl groups excluding tert-OH is 1. The fourth-order valence-corrected chi connectivity index (χ4v) is 1.95.